The summed E-state index contributed by atoms with van der Waals surface area (Å²) in [5, 5.41) is 12.6. The van der Waals surface area contributed by atoms with Crippen LogP contribution in [0.5, 0.6) is 0 Å². The second-order valence-corrected chi connectivity index (χ2v) is 4.05. The Hall–Kier alpha value is -2.35. The fraction of sp³-hybridized carbons (Fsp3) is 0. The van der Waals surface area contributed by atoms with Crippen molar-refractivity contribution in [1.29, 1.82) is 0 Å². The van der Waals surface area contributed by atoms with E-state index in [1.807, 2.05) is 0 Å². The Labute approximate surface area is 115 Å². The summed E-state index contributed by atoms with van der Waals surface area (Å²) in [4.78, 5) is 13.5. The van der Waals surface area contributed by atoms with Crippen LogP contribution in [-0.2, 0) is 0 Å². The van der Waals surface area contributed by atoms with Gasteiger partial charge in [0.25, 0.3) is 5.69 Å². The highest BCUT2D eigenvalue weighted by molar-refractivity contribution is 6.29. The number of hydrogen-bond donors (Lipinski definition) is 1. The Bertz CT molecular complexity index is 697. The number of pyridine rings is 1. The highest BCUT2D eigenvalue weighted by atomic mass is 35.5. The van der Waals surface area contributed by atoms with E-state index in [9.17, 15) is 23.3 Å². The van der Waals surface area contributed by atoms with E-state index in [0.29, 0.717) is 12.1 Å². The summed E-state index contributed by atoms with van der Waals surface area (Å²) in [7, 11) is 0. The highest BCUT2D eigenvalue weighted by Gasteiger charge is 2.14. The number of nitro groups is 1. The maximum absolute atomic E-state index is 13.4. The summed E-state index contributed by atoms with van der Waals surface area (Å²) in [6.45, 7) is 0. The number of aromatic nitrogens is 1. The van der Waals surface area contributed by atoms with Crippen LogP contribution in [0.2, 0.25) is 5.15 Å². The minimum absolute atomic E-state index is 0.215. The van der Waals surface area contributed by atoms with Gasteiger partial charge >= 0.3 is 0 Å². The molecule has 20 heavy (non-hydrogen) atoms. The van der Waals surface area contributed by atoms with Crippen LogP contribution in [0, 0.1) is 27.6 Å². The number of halogens is 4. The van der Waals surface area contributed by atoms with Gasteiger partial charge in [-0.25, -0.2) is 18.2 Å². The van der Waals surface area contributed by atoms with E-state index in [1.54, 1.807) is 0 Å². The first-order valence-electron chi connectivity index (χ1n) is 5.10. The average molecular weight is 304 g/mol. The molecule has 0 unspecified atom stereocenters. The molecule has 0 aliphatic carbocycles. The fourth-order valence-corrected chi connectivity index (χ4v) is 1.64. The summed E-state index contributed by atoms with van der Waals surface area (Å²) in [6, 6.07) is 2.99. The van der Waals surface area contributed by atoms with Gasteiger partial charge < -0.3 is 5.32 Å². The van der Waals surface area contributed by atoms with E-state index in [2.05, 4.69) is 10.3 Å². The highest BCUT2D eigenvalue weighted by Crippen LogP contribution is 2.26. The molecule has 0 amide bonds. The van der Waals surface area contributed by atoms with Crippen LogP contribution >= 0.6 is 11.6 Å². The van der Waals surface area contributed by atoms with Crippen LogP contribution in [0.15, 0.2) is 24.3 Å². The molecule has 0 aliphatic heterocycles. The largest absolute Gasteiger partial charge is 0.337 e. The second-order valence-electron chi connectivity index (χ2n) is 3.66. The predicted octanol–water partition coefficient (Wildman–Crippen LogP) is 3.80. The number of benzene rings is 1. The van der Waals surface area contributed by atoms with Crippen molar-refractivity contribution in [3.05, 3.63) is 57.0 Å². The number of anilines is 2. The van der Waals surface area contributed by atoms with Gasteiger partial charge in [0.2, 0.25) is 0 Å². The number of hydrogen-bond acceptors (Lipinski definition) is 4. The standard InChI is InChI=1S/C11H5ClF3N3O2/c12-9-3-6(18(19)20)4-10(17-9)16-8-2-5(13)1-7(14)11(8)15/h1-4H,(H,16,17). The fourth-order valence-electron chi connectivity index (χ4n) is 1.44. The molecule has 1 N–H and O–H groups in total. The van der Waals surface area contributed by atoms with Crippen molar-refractivity contribution >= 4 is 28.8 Å². The smallest absolute Gasteiger partial charge is 0.276 e. The van der Waals surface area contributed by atoms with Crippen molar-refractivity contribution in [2.75, 3.05) is 5.32 Å². The molecule has 0 spiro atoms. The van der Waals surface area contributed by atoms with Crippen molar-refractivity contribution in [2.24, 2.45) is 0 Å². The Morgan fingerprint density at radius 2 is 1.90 bits per heavy atom. The first-order valence-corrected chi connectivity index (χ1v) is 5.48. The lowest BCUT2D eigenvalue weighted by Crippen LogP contribution is -2.01. The third kappa shape index (κ3) is 2.97. The molecule has 0 saturated heterocycles. The minimum atomic E-state index is -1.40. The van der Waals surface area contributed by atoms with E-state index >= 15 is 0 Å². The molecule has 2 aromatic rings. The van der Waals surface area contributed by atoms with Gasteiger partial charge in [-0.15, -0.1) is 0 Å². The van der Waals surface area contributed by atoms with Crippen LogP contribution in [0.1, 0.15) is 0 Å². The molecule has 2 rings (SSSR count). The first-order chi connectivity index (χ1) is 9.36. The van der Waals surface area contributed by atoms with Crippen molar-refractivity contribution in [3.63, 3.8) is 0 Å². The summed E-state index contributed by atoms with van der Waals surface area (Å²) in [5.74, 6) is -3.96. The van der Waals surface area contributed by atoms with E-state index in [0.717, 1.165) is 12.1 Å². The molecule has 0 radical (unpaired) electrons. The van der Waals surface area contributed by atoms with Crippen LogP contribution in [-0.4, -0.2) is 9.91 Å². The third-order valence-electron chi connectivity index (χ3n) is 2.25. The third-order valence-corrected chi connectivity index (χ3v) is 2.44. The molecule has 5 nitrogen and oxygen atoms in total. The molecule has 1 aromatic carbocycles. The molecular formula is C11H5ClF3N3O2. The summed E-state index contributed by atoms with van der Waals surface area (Å²) < 4.78 is 39.4. The topological polar surface area (TPSA) is 68.1 Å². The maximum atomic E-state index is 13.4. The predicted molar refractivity (Wildman–Crippen MR) is 65.5 cm³/mol. The molecule has 0 atom stereocenters. The van der Waals surface area contributed by atoms with Crippen LogP contribution in [0.4, 0.5) is 30.4 Å². The summed E-state index contributed by atoms with van der Waals surface area (Å²) >= 11 is 5.57. The van der Waals surface area contributed by atoms with Crippen molar-refractivity contribution < 1.29 is 18.1 Å². The molecule has 0 fully saturated rings. The molecule has 1 heterocycles. The second kappa shape index (κ2) is 5.33. The normalized spacial score (nSPS) is 10.4. The Kier molecular flexibility index (Phi) is 3.75. The number of nitrogens with one attached hydrogen (secondary N) is 1. The SMILES string of the molecule is O=[N+]([O-])c1cc(Cl)nc(Nc2cc(F)cc(F)c2F)c1. The van der Waals surface area contributed by atoms with Crippen LogP contribution in [0.25, 0.3) is 0 Å². The van der Waals surface area contributed by atoms with Crippen molar-refractivity contribution in [2.45, 2.75) is 0 Å². The Morgan fingerprint density at radius 1 is 1.20 bits per heavy atom. The Morgan fingerprint density at radius 3 is 2.55 bits per heavy atom. The van der Waals surface area contributed by atoms with E-state index in [4.69, 9.17) is 11.6 Å². The van der Waals surface area contributed by atoms with Crippen LogP contribution in [0.3, 0.4) is 0 Å². The van der Waals surface area contributed by atoms with Gasteiger partial charge in [0.1, 0.15) is 16.8 Å². The summed E-state index contributed by atoms with van der Waals surface area (Å²) in [5.41, 5.74) is -0.948. The van der Waals surface area contributed by atoms with E-state index < -0.39 is 33.7 Å². The number of rotatable bonds is 3. The molecule has 0 saturated carbocycles. The maximum Gasteiger partial charge on any atom is 0.276 e. The lowest BCUT2D eigenvalue weighted by atomic mass is 10.2. The quantitative estimate of drug-likeness (QED) is 0.405. The van der Waals surface area contributed by atoms with E-state index in [-0.39, 0.29) is 11.0 Å². The Balaban J connectivity index is 2.42. The van der Waals surface area contributed by atoms with E-state index in [1.165, 1.54) is 0 Å². The van der Waals surface area contributed by atoms with Gasteiger partial charge in [0.15, 0.2) is 11.6 Å². The van der Waals surface area contributed by atoms with Gasteiger partial charge in [-0.2, -0.15) is 0 Å². The molecule has 0 aliphatic rings. The zero-order valence-corrected chi connectivity index (χ0v) is 10.3. The van der Waals surface area contributed by atoms with Crippen molar-refractivity contribution in [1.82, 2.24) is 4.98 Å². The summed E-state index contributed by atoms with van der Waals surface area (Å²) in [6.07, 6.45) is 0. The lowest BCUT2D eigenvalue weighted by molar-refractivity contribution is -0.384. The van der Waals surface area contributed by atoms with Gasteiger partial charge in [-0.3, -0.25) is 10.1 Å². The van der Waals surface area contributed by atoms with Crippen molar-refractivity contribution in [3.8, 4) is 0 Å². The minimum Gasteiger partial charge on any atom is -0.337 e. The van der Waals surface area contributed by atoms with Gasteiger partial charge in [0.05, 0.1) is 22.7 Å². The average Bonchev–Trinajstić information content (AvgIpc) is 2.34. The molecule has 1 aromatic heterocycles. The molecule has 0 bridgehead atoms. The van der Waals surface area contributed by atoms with Crippen LogP contribution < -0.4 is 5.32 Å². The lowest BCUT2D eigenvalue weighted by Gasteiger charge is -2.07. The zero-order valence-electron chi connectivity index (χ0n) is 9.53. The zero-order chi connectivity index (χ0) is 14.9. The van der Waals surface area contributed by atoms with Gasteiger partial charge in [-0.05, 0) is 0 Å². The molecular weight excluding hydrogens is 299 g/mol. The first kappa shape index (κ1) is 14.1. The monoisotopic (exact) mass is 303 g/mol. The number of nitrogens with zero attached hydrogens (tertiary/aromatic N) is 2. The van der Waals surface area contributed by atoms with Gasteiger partial charge in [-0.1, -0.05) is 11.6 Å². The molecule has 9 heteroatoms. The molecule has 104 valence electrons. The van der Waals surface area contributed by atoms with Gasteiger partial charge in [0, 0.05) is 12.1 Å².